The number of nitrogens with one attached hydrogen (secondary N) is 1. The zero-order chi connectivity index (χ0) is 17.4. The van der Waals surface area contributed by atoms with Gasteiger partial charge >= 0.3 is 0 Å². The van der Waals surface area contributed by atoms with Crippen LogP contribution in [-0.2, 0) is 11.3 Å². The fourth-order valence-corrected chi connectivity index (χ4v) is 2.03. The number of ether oxygens (including phenoxy) is 2. The molecule has 0 fully saturated rings. The van der Waals surface area contributed by atoms with Gasteiger partial charge in [0.2, 0.25) is 5.91 Å². The highest BCUT2D eigenvalue weighted by molar-refractivity contribution is 6.30. The minimum Gasteiger partial charge on any atom is -0.490 e. The van der Waals surface area contributed by atoms with E-state index in [2.05, 4.69) is 5.32 Å². The average Bonchev–Trinajstić information content (AvgIpc) is 2.59. The minimum atomic E-state index is -0.506. The maximum Gasteiger partial charge on any atom is 0.236 e. The van der Waals surface area contributed by atoms with Gasteiger partial charge in [0.15, 0.2) is 0 Å². The first-order chi connectivity index (χ1) is 11.5. The Labute approximate surface area is 146 Å². The van der Waals surface area contributed by atoms with Gasteiger partial charge in [0, 0.05) is 11.6 Å². The van der Waals surface area contributed by atoms with Crippen molar-refractivity contribution < 1.29 is 14.3 Å². The van der Waals surface area contributed by atoms with Gasteiger partial charge in [-0.2, -0.15) is 0 Å². The lowest BCUT2D eigenvalue weighted by Gasteiger charge is -2.10. The van der Waals surface area contributed by atoms with Gasteiger partial charge in [0.1, 0.15) is 24.7 Å². The number of carbonyl (C=O) groups excluding carboxylic acids is 1. The molecule has 0 saturated carbocycles. The summed E-state index contributed by atoms with van der Waals surface area (Å²) in [5.41, 5.74) is 6.47. The molecule has 2 aromatic rings. The monoisotopic (exact) mass is 348 g/mol. The molecule has 0 unspecified atom stereocenters. The summed E-state index contributed by atoms with van der Waals surface area (Å²) in [5.74, 6) is 1.33. The van der Waals surface area contributed by atoms with Gasteiger partial charge in [-0.3, -0.25) is 4.79 Å². The lowest BCUT2D eigenvalue weighted by atomic mass is 10.2. The zero-order valence-corrected chi connectivity index (χ0v) is 14.3. The highest BCUT2D eigenvalue weighted by atomic mass is 35.5. The number of halogens is 1. The van der Waals surface area contributed by atoms with Crippen LogP contribution in [0.2, 0.25) is 5.02 Å². The van der Waals surface area contributed by atoms with Gasteiger partial charge in [-0.05, 0) is 48.9 Å². The molecule has 2 rings (SSSR count). The van der Waals surface area contributed by atoms with Crippen LogP contribution in [-0.4, -0.2) is 25.2 Å². The zero-order valence-electron chi connectivity index (χ0n) is 13.5. The SMILES string of the molecule is C[C@H](N)C(=O)NCc1ccc(OCCOc2ccc(Cl)cc2)cc1. The van der Waals surface area contributed by atoms with Crippen LogP contribution < -0.4 is 20.5 Å². The molecule has 0 radical (unpaired) electrons. The van der Waals surface area contributed by atoms with Gasteiger partial charge in [-0.1, -0.05) is 23.7 Å². The van der Waals surface area contributed by atoms with Crippen LogP contribution in [0.5, 0.6) is 11.5 Å². The number of carbonyl (C=O) groups is 1. The highest BCUT2D eigenvalue weighted by Gasteiger charge is 2.06. The smallest absolute Gasteiger partial charge is 0.236 e. The Morgan fingerprint density at radius 3 is 2.04 bits per heavy atom. The molecule has 0 aliphatic heterocycles. The molecule has 0 saturated heterocycles. The van der Waals surface area contributed by atoms with Gasteiger partial charge in [-0.25, -0.2) is 0 Å². The summed E-state index contributed by atoms with van der Waals surface area (Å²) in [5, 5.41) is 3.43. The van der Waals surface area contributed by atoms with E-state index in [1.165, 1.54) is 0 Å². The summed E-state index contributed by atoms with van der Waals surface area (Å²) >= 11 is 5.81. The van der Waals surface area contributed by atoms with E-state index in [1.807, 2.05) is 36.4 Å². The Kier molecular flexibility index (Phi) is 6.90. The number of hydrogen-bond donors (Lipinski definition) is 2. The molecule has 6 heteroatoms. The van der Waals surface area contributed by atoms with Crippen molar-refractivity contribution in [1.29, 1.82) is 0 Å². The van der Waals surface area contributed by atoms with Crippen LogP contribution in [0, 0.1) is 0 Å². The first-order valence-electron chi connectivity index (χ1n) is 7.68. The second-order valence-electron chi connectivity index (χ2n) is 5.30. The number of benzene rings is 2. The van der Waals surface area contributed by atoms with Crippen molar-refractivity contribution >= 4 is 17.5 Å². The van der Waals surface area contributed by atoms with E-state index in [9.17, 15) is 4.79 Å². The predicted octanol–water partition coefficient (Wildman–Crippen LogP) is 2.76. The van der Waals surface area contributed by atoms with Crippen LogP contribution in [0.1, 0.15) is 12.5 Å². The molecule has 24 heavy (non-hydrogen) atoms. The maximum absolute atomic E-state index is 11.4. The second-order valence-corrected chi connectivity index (χ2v) is 5.74. The van der Waals surface area contributed by atoms with Crippen molar-refractivity contribution in [2.75, 3.05) is 13.2 Å². The average molecular weight is 349 g/mol. The van der Waals surface area contributed by atoms with Crippen molar-refractivity contribution in [1.82, 2.24) is 5.32 Å². The van der Waals surface area contributed by atoms with Crippen LogP contribution in [0.3, 0.4) is 0 Å². The van der Waals surface area contributed by atoms with E-state index in [4.69, 9.17) is 26.8 Å². The molecular weight excluding hydrogens is 328 g/mol. The predicted molar refractivity (Wildman–Crippen MR) is 94.4 cm³/mol. The van der Waals surface area contributed by atoms with Crippen LogP contribution in [0.4, 0.5) is 0 Å². The van der Waals surface area contributed by atoms with Gasteiger partial charge in [0.05, 0.1) is 6.04 Å². The van der Waals surface area contributed by atoms with E-state index in [0.717, 1.165) is 17.1 Å². The molecule has 2 aromatic carbocycles. The summed E-state index contributed by atoms with van der Waals surface area (Å²) in [6, 6.07) is 14.2. The molecule has 0 aliphatic rings. The molecule has 1 amide bonds. The third kappa shape index (κ3) is 6.10. The molecule has 0 spiro atoms. The summed E-state index contributed by atoms with van der Waals surface area (Å²) in [6.45, 7) is 2.97. The summed E-state index contributed by atoms with van der Waals surface area (Å²) in [4.78, 5) is 11.4. The standard InChI is InChI=1S/C18H21ClN2O3/c1-13(20)18(22)21-12-14-2-6-16(7-3-14)23-10-11-24-17-8-4-15(19)5-9-17/h2-9,13H,10-12,20H2,1H3,(H,21,22)/t13-/m0/s1. The van der Waals surface area contributed by atoms with E-state index in [1.54, 1.807) is 19.1 Å². The Morgan fingerprint density at radius 2 is 1.54 bits per heavy atom. The molecule has 0 heterocycles. The topological polar surface area (TPSA) is 73.6 Å². The molecule has 3 N–H and O–H groups in total. The summed E-state index contributed by atoms with van der Waals surface area (Å²) in [7, 11) is 0. The second kappa shape index (κ2) is 9.15. The first kappa shape index (κ1) is 18.1. The van der Waals surface area contributed by atoms with Crippen molar-refractivity contribution in [2.24, 2.45) is 5.73 Å². The number of rotatable bonds is 8. The summed E-state index contributed by atoms with van der Waals surface area (Å²) in [6.07, 6.45) is 0. The lowest BCUT2D eigenvalue weighted by Crippen LogP contribution is -2.37. The molecular formula is C18H21ClN2O3. The minimum absolute atomic E-state index is 0.172. The van der Waals surface area contributed by atoms with Crippen molar-refractivity contribution in [3.8, 4) is 11.5 Å². The number of hydrogen-bond acceptors (Lipinski definition) is 4. The highest BCUT2D eigenvalue weighted by Crippen LogP contribution is 2.16. The largest absolute Gasteiger partial charge is 0.490 e. The normalized spacial score (nSPS) is 11.6. The Bertz CT molecular complexity index is 642. The van der Waals surface area contributed by atoms with Gasteiger partial charge < -0.3 is 20.5 Å². The molecule has 5 nitrogen and oxygen atoms in total. The Balaban J connectivity index is 1.69. The van der Waals surface area contributed by atoms with Crippen LogP contribution in [0.25, 0.3) is 0 Å². The molecule has 0 aromatic heterocycles. The Hall–Kier alpha value is -2.24. The molecule has 0 aliphatic carbocycles. The molecule has 128 valence electrons. The fraction of sp³-hybridized carbons (Fsp3) is 0.278. The third-order valence-corrected chi connectivity index (χ3v) is 3.49. The van der Waals surface area contributed by atoms with Crippen molar-refractivity contribution in [3.63, 3.8) is 0 Å². The van der Waals surface area contributed by atoms with E-state index < -0.39 is 6.04 Å². The van der Waals surface area contributed by atoms with Gasteiger partial charge in [0.25, 0.3) is 0 Å². The van der Waals surface area contributed by atoms with Crippen molar-refractivity contribution in [3.05, 3.63) is 59.1 Å². The van der Waals surface area contributed by atoms with Crippen LogP contribution >= 0.6 is 11.6 Å². The van der Waals surface area contributed by atoms with Crippen molar-refractivity contribution in [2.45, 2.75) is 19.5 Å². The van der Waals surface area contributed by atoms with E-state index >= 15 is 0 Å². The fourth-order valence-electron chi connectivity index (χ4n) is 1.90. The summed E-state index contributed by atoms with van der Waals surface area (Å²) < 4.78 is 11.2. The lowest BCUT2D eigenvalue weighted by molar-refractivity contribution is -0.122. The third-order valence-electron chi connectivity index (χ3n) is 3.24. The molecule has 0 bridgehead atoms. The quantitative estimate of drug-likeness (QED) is 0.719. The molecule has 1 atom stereocenters. The first-order valence-corrected chi connectivity index (χ1v) is 8.06. The number of nitrogens with two attached hydrogens (primary N) is 1. The maximum atomic E-state index is 11.4. The number of amides is 1. The van der Waals surface area contributed by atoms with E-state index in [-0.39, 0.29) is 5.91 Å². The van der Waals surface area contributed by atoms with Gasteiger partial charge in [-0.15, -0.1) is 0 Å². The van der Waals surface area contributed by atoms with Crippen LogP contribution in [0.15, 0.2) is 48.5 Å². The Morgan fingerprint density at radius 1 is 1.04 bits per heavy atom. The van der Waals surface area contributed by atoms with E-state index in [0.29, 0.717) is 24.8 Å².